The molecule has 0 saturated carbocycles. The van der Waals surface area contributed by atoms with Gasteiger partial charge in [-0.2, -0.15) is 0 Å². The van der Waals surface area contributed by atoms with E-state index < -0.39 is 102 Å². The summed E-state index contributed by atoms with van der Waals surface area (Å²) in [4.78, 5) is 18.5. The minimum atomic E-state index is -1.84. The van der Waals surface area contributed by atoms with Crippen molar-refractivity contribution < 1.29 is 63.9 Å². The number of aliphatic hydroxyl groups is 6. The molecule has 21 heteroatoms. The van der Waals surface area contributed by atoms with Gasteiger partial charge in [0.15, 0.2) is 12.6 Å². The average Bonchev–Trinajstić information content (AvgIpc) is 4.02. The number of nitrogens with zero attached hydrogens (tertiary/aromatic N) is 8. The van der Waals surface area contributed by atoms with E-state index in [0.717, 1.165) is 16.9 Å². The molecule has 406 valence electrons. The molecule has 0 aliphatic carbocycles. The van der Waals surface area contributed by atoms with Crippen LogP contribution in [0.5, 0.6) is 0 Å². The second-order valence-electron chi connectivity index (χ2n) is 21.8. The number of benzene rings is 1. The van der Waals surface area contributed by atoms with Crippen molar-refractivity contribution in [2.24, 2.45) is 17.8 Å². The first-order valence-corrected chi connectivity index (χ1v) is 25.6. The largest absolute Gasteiger partial charge is 0.459 e. The van der Waals surface area contributed by atoms with Crippen LogP contribution in [0, 0.1) is 17.8 Å². The Hall–Kier alpha value is -3.55. The quantitative estimate of drug-likeness (QED) is 0.127. The maximum absolute atomic E-state index is 14.5. The number of methoxy groups -OCH3 is 1. The number of hydrogen-bond donors (Lipinski definition) is 6. The molecule has 72 heavy (non-hydrogen) atoms. The standard InChI is InChI=1S/C51H84N8O13/c1-14-40-51(10,66)44(62)33(6)57(12)24-29(2)22-49(8,65)46(31(4)43(32(5)47(64)70-40)71-41-23-50(9,67-13)45(63)34(7)69-41)72-48-42(61)39(21-30(3)68-48)56(11)20-19-36-26-58(54-52-36)25-35-15-17-38(18-16-35)59-27-37(28-60)53-55-59/h15-18,26-27,29-34,39-46,48,60-63,65-66H,14,19-25,28H2,1-13H3/t29-,30-,31+,32-,33-,34+,39+,40-,41+,42-,43+,44-,45+,46-,48+,49-,50-,51-/m1/s1. The average molecular weight is 1020 g/mol. The lowest BCUT2D eigenvalue weighted by atomic mass is 9.77. The van der Waals surface area contributed by atoms with E-state index in [2.05, 4.69) is 25.5 Å². The SMILES string of the molecule is CC[C@H]1OC(=O)[C@H](C)[C@@H](O[C@H]2C[C@@](C)(OC)[C@@H](O)[C@H](C)O2)[C@H](C)[C@@H](O[C@@H]2O[C@H](C)C[C@H](N(C)CCc3cn(Cc4ccc(-n5cc(CO)nn5)cc4)nn3)[C@H]2O)[C@](C)(O)C[C@@H](C)CN(C)[C@H](C)[C@@H](O)[C@]1(C)O. The summed E-state index contributed by atoms with van der Waals surface area (Å²) in [6.07, 6.45) is -4.99. The maximum Gasteiger partial charge on any atom is 0.311 e. The van der Waals surface area contributed by atoms with Gasteiger partial charge in [0.25, 0.3) is 0 Å². The molecule has 6 N–H and O–H groups in total. The van der Waals surface area contributed by atoms with Crippen LogP contribution in [-0.4, -0.2) is 201 Å². The summed E-state index contributed by atoms with van der Waals surface area (Å²) in [5.41, 5.74) is -1.47. The van der Waals surface area contributed by atoms with Crippen molar-refractivity contribution in [3.8, 4) is 5.69 Å². The first-order chi connectivity index (χ1) is 33.8. The smallest absolute Gasteiger partial charge is 0.311 e. The van der Waals surface area contributed by atoms with Gasteiger partial charge in [-0.15, -0.1) is 10.2 Å². The fraction of sp³-hybridized carbons (Fsp3) is 0.784. The van der Waals surface area contributed by atoms with E-state index in [0.29, 0.717) is 38.2 Å². The minimum Gasteiger partial charge on any atom is -0.459 e. The summed E-state index contributed by atoms with van der Waals surface area (Å²) in [7, 11) is 5.27. The van der Waals surface area contributed by atoms with Crippen LogP contribution in [0.25, 0.3) is 5.69 Å². The Kier molecular flexibility index (Phi) is 19.2. The van der Waals surface area contributed by atoms with E-state index in [9.17, 15) is 35.4 Å². The van der Waals surface area contributed by atoms with Crippen LogP contribution in [0.15, 0.2) is 36.7 Å². The van der Waals surface area contributed by atoms with E-state index in [4.69, 9.17) is 28.4 Å². The molecule has 0 unspecified atom stereocenters. The van der Waals surface area contributed by atoms with Gasteiger partial charge in [-0.1, -0.05) is 43.3 Å². The summed E-state index contributed by atoms with van der Waals surface area (Å²) in [6.45, 7) is 18.8. The van der Waals surface area contributed by atoms with E-state index in [-0.39, 0.29) is 37.9 Å². The van der Waals surface area contributed by atoms with Gasteiger partial charge in [-0.05, 0) is 105 Å². The van der Waals surface area contributed by atoms with Crippen molar-refractivity contribution in [3.05, 3.63) is 53.6 Å². The highest BCUT2D eigenvalue weighted by atomic mass is 16.7. The second kappa shape index (κ2) is 24.0. The number of cyclic esters (lactones) is 1. The summed E-state index contributed by atoms with van der Waals surface area (Å²) < 4.78 is 41.7. The summed E-state index contributed by atoms with van der Waals surface area (Å²) in [5, 5.41) is 85.8. The molecule has 6 rings (SSSR count). The van der Waals surface area contributed by atoms with E-state index in [1.54, 1.807) is 57.1 Å². The Labute approximate surface area is 424 Å². The van der Waals surface area contributed by atoms with Gasteiger partial charge >= 0.3 is 5.97 Å². The van der Waals surface area contributed by atoms with Crippen LogP contribution in [0.3, 0.4) is 0 Å². The molecule has 5 heterocycles. The van der Waals surface area contributed by atoms with Gasteiger partial charge in [0.2, 0.25) is 0 Å². The molecule has 0 spiro atoms. The molecule has 18 atom stereocenters. The van der Waals surface area contributed by atoms with Gasteiger partial charge in [0.1, 0.15) is 35.7 Å². The van der Waals surface area contributed by atoms with Crippen LogP contribution in [0.2, 0.25) is 0 Å². The van der Waals surface area contributed by atoms with Gasteiger partial charge in [-0.3, -0.25) is 4.79 Å². The fourth-order valence-electron chi connectivity index (χ4n) is 11.1. The number of likely N-dealkylation sites (N-methyl/N-ethyl adjacent to an activating group) is 2. The van der Waals surface area contributed by atoms with Crippen LogP contribution in [0.4, 0.5) is 0 Å². The zero-order valence-corrected chi connectivity index (χ0v) is 44.6. The molecule has 1 aromatic carbocycles. The van der Waals surface area contributed by atoms with Crippen molar-refractivity contribution >= 4 is 5.97 Å². The van der Waals surface area contributed by atoms with Crippen LogP contribution in [-0.2, 0) is 52.8 Å². The predicted octanol–water partition coefficient (Wildman–Crippen LogP) is 2.23. The second-order valence-corrected chi connectivity index (χ2v) is 21.8. The number of aliphatic hydroxyl groups excluding tert-OH is 4. The number of aromatic nitrogens is 6. The molecule has 3 aromatic rings. The molecule has 3 aliphatic heterocycles. The highest BCUT2D eigenvalue weighted by molar-refractivity contribution is 5.73. The Morgan fingerprint density at radius 3 is 2.22 bits per heavy atom. The number of carbonyl (C=O) groups excluding carboxylic acids is 1. The Morgan fingerprint density at radius 2 is 1.58 bits per heavy atom. The van der Waals surface area contributed by atoms with Crippen molar-refractivity contribution in [3.63, 3.8) is 0 Å². The summed E-state index contributed by atoms with van der Waals surface area (Å²) in [6, 6.07) is 6.78. The molecule has 3 fully saturated rings. The molecule has 21 nitrogen and oxygen atoms in total. The number of rotatable bonds is 14. The highest BCUT2D eigenvalue weighted by Crippen LogP contribution is 2.40. The lowest BCUT2D eigenvalue weighted by Crippen LogP contribution is -2.61. The molecular weight excluding hydrogens is 933 g/mol. The number of esters is 1. The van der Waals surface area contributed by atoms with Gasteiger partial charge in [0.05, 0.1) is 72.3 Å². The van der Waals surface area contributed by atoms with Crippen LogP contribution >= 0.6 is 0 Å². The Bertz CT molecular complexity index is 2180. The third kappa shape index (κ3) is 13.3. The zero-order chi connectivity index (χ0) is 53.0. The Balaban J connectivity index is 1.24. The molecule has 0 radical (unpaired) electrons. The molecular formula is C51H84N8O13. The van der Waals surface area contributed by atoms with Gasteiger partial charge < -0.3 is 68.9 Å². The van der Waals surface area contributed by atoms with E-state index in [1.165, 1.54) is 14.0 Å². The number of carbonyl (C=O) groups is 1. The van der Waals surface area contributed by atoms with Crippen LogP contribution < -0.4 is 0 Å². The highest BCUT2D eigenvalue weighted by Gasteiger charge is 2.53. The normalized spacial score (nSPS) is 39.1. The lowest BCUT2D eigenvalue weighted by Gasteiger charge is -2.49. The first kappa shape index (κ1) is 57.7. The van der Waals surface area contributed by atoms with E-state index in [1.807, 2.05) is 70.2 Å². The maximum atomic E-state index is 14.5. The topological polar surface area (TPSA) is 262 Å². The minimum absolute atomic E-state index is 0.0985. The number of ether oxygens (including phenoxy) is 6. The predicted molar refractivity (Wildman–Crippen MR) is 263 cm³/mol. The molecule has 3 saturated heterocycles. The van der Waals surface area contributed by atoms with Gasteiger partial charge in [0, 0.05) is 57.2 Å². The molecule has 3 aliphatic rings. The zero-order valence-electron chi connectivity index (χ0n) is 44.6. The first-order valence-electron chi connectivity index (χ1n) is 25.6. The van der Waals surface area contributed by atoms with Crippen LogP contribution in [0.1, 0.15) is 112 Å². The lowest BCUT2D eigenvalue weighted by molar-refractivity contribution is -0.318. The molecule has 0 bridgehead atoms. The fourth-order valence-corrected chi connectivity index (χ4v) is 11.1. The van der Waals surface area contributed by atoms with E-state index >= 15 is 0 Å². The third-order valence-electron chi connectivity index (χ3n) is 15.7. The monoisotopic (exact) mass is 1020 g/mol. The Morgan fingerprint density at radius 1 is 0.903 bits per heavy atom. The van der Waals surface area contributed by atoms with Crippen molar-refractivity contribution in [1.29, 1.82) is 0 Å². The summed E-state index contributed by atoms with van der Waals surface area (Å²) >= 11 is 0. The van der Waals surface area contributed by atoms with Crippen molar-refractivity contribution in [2.45, 2.75) is 205 Å². The molecule has 2 aromatic heterocycles. The van der Waals surface area contributed by atoms with Crippen molar-refractivity contribution in [1.82, 2.24) is 39.8 Å². The van der Waals surface area contributed by atoms with Crippen molar-refractivity contribution in [2.75, 3.05) is 34.3 Å². The molecule has 0 amide bonds. The number of hydrogen-bond acceptors (Lipinski definition) is 19. The van der Waals surface area contributed by atoms with Gasteiger partial charge in [-0.25, -0.2) is 9.36 Å². The summed E-state index contributed by atoms with van der Waals surface area (Å²) in [5.74, 6) is -2.79. The third-order valence-corrected chi connectivity index (χ3v) is 15.7.